The van der Waals surface area contributed by atoms with Crippen molar-refractivity contribution in [2.24, 2.45) is 0 Å². The van der Waals surface area contributed by atoms with Crippen molar-refractivity contribution in [3.8, 4) is 22.5 Å². The number of carbonyl (C=O) groups excluding carboxylic acids is 1. The summed E-state index contributed by atoms with van der Waals surface area (Å²) in [6.45, 7) is 5.79. The largest absolute Gasteiger partial charge is 0.433 e. The van der Waals surface area contributed by atoms with Gasteiger partial charge in [0.15, 0.2) is 19.7 Å². The quantitative estimate of drug-likeness (QED) is 0.0985. The van der Waals surface area contributed by atoms with Gasteiger partial charge in [0.05, 0.1) is 95.8 Å². The molecule has 0 aliphatic rings. The lowest BCUT2D eigenvalue weighted by atomic mass is 10.0. The van der Waals surface area contributed by atoms with Gasteiger partial charge in [-0.15, -0.1) is 0 Å². The van der Waals surface area contributed by atoms with Crippen LogP contribution in [0.3, 0.4) is 0 Å². The van der Waals surface area contributed by atoms with Crippen molar-refractivity contribution in [2.75, 3.05) is 46.9 Å². The third-order valence-corrected chi connectivity index (χ3v) is 14.6. The molecule has 4 heterocycles. The molecule has 0 radical (unpaired) electrons. The van der Waals surface area contributed by atoms with Crippen LogP contribution < -0.4 is 21.3 Å². The highest BCUT2D eigenvalue weighted by Gasteiger charge is 2.42. The predicted molar refractivity (Wildman–Crippen MR) is 253 cm³/mol. The number of carbonyl (C=O) groups is 1. The van der Waals surface area contributed by atoms with Crippen molar-refractivity contribution in [3.05, 3.63) is 137 Å². The Bertz CT molecular complexity index is 3550. The molecule has 0 unspecified atom stereocenters. The maximum atomic E-state index is 14.0. The number of nitrogens with two attached hydrogens (primary N) is 1. The second-order valence-corrected chi connectivity index (χ2v) is 20.9. The van der Waals surface area contributed by atoms with E-state index in [-0.39, 0.29) is 23.5 Å². The van der Waals surface area contributed by atoms with Crippen LogP contribution in [0.2, 0.25) is 0 Å². The van der Waals surface area contributed by atoms with E-state index in [1.807, 2.05) is 0 Å². The van der Waals surface area contributed by atoms with Crippen LogP contribution >= 0.6 is 0 Å². The van der Waals surface area contributed by atoms with Gasteiger partial charge in [-0.2, -0.15) is 79.0 Å². The highest BCUT2D eigenvalue weighted by molar-refractivity contribution is 7.91. The van der Waals surface area contributed by atoms with Crippen LogP contribution in [-0.2, 0) is 56.7 Å². The predicted octanol–water partition coefficient (Wildman–Crippen LogP) is 13.0. The van der Waals surface area contributed by atoms with E-state index in [0.29, 0.717) is 59.6 Å². The number of amides is 1. The monoisotopic (exact) mass is 1200 g/mol. The molecule has 0 bridgehead atoms. The fraction of sp³-hybridized carbons (Fsp3) is 0.255. The molecule has 6 aromatic rings. The fourth-order valence-corrected chi connectivity index (χ4v) is 9.06. The van der Waals surface area contributed by atoms with Crippen LogP contribution in [0.4, 0.5) is 102 Å². The number of pyridine rings is 4. The maximum Gasteiger partial charge on any atom is 0.433 e. The molecule has 13 nitrogen and oxygen atoms in total. The Morgan fingerprint density at radius 2 is 0.950 bits per heavy atom. The molecule has 6 rings (SSSR count). The molecular formula is C47H36F18N8O5S2. The van der Waals surface area contributed by atoms with Gasteiger partial charge in [0.2, 0.25) is 0 Å². The summed E-state index contributed by atoms with van der Waals surface area (Å²) < 4.78 is 292. The Hall–Kier alpha value is -7.71. The first kappa shape index (κ1) is 63.1. The summed E-state index contributed by atoms with van der Waals surface area (Å²) in [5.41, 5.74) is -9.34. The second kappa shape index (κ2) is 22.4. The Morgan fingerprint density at radius 3 is 1.31 bits per heavy atom. The first-order valence-electron chi connectivity index (χ1n) is 21.8. The molecule has 0 aliphatic heterocycles. The number of alkyl halides is 18. The molecule has 1 amide bonds. The lowest BCUT2D eigenvalue weighted by Crippen LogP contribution is -2.31. The van der Waals surface area contributed by atoms with E-state index in [4.69, 9.17) is 5.73 Å². The number of rotatable bonds is 12. The van der Waals surface area contributed by atoms with Gasteiger partial charge in [0.25, 0.3) is 5.91 Å². The highest BCUT2D eigenvalue weighted by atomic mass is 32.2. The van der Waals surface area contributed by atoms with Crippen molar-refractivity contribution in [3.63, 3.8) is 0 Å². The minimum Gasteiger partial charge on any atom is -0.397 e. The van der Waals surface area contributed by atoms with Crippen LogP contribution in [0.15, 0.2) is 102 Å². The number of sulfone groups is 2. The van der Waals surface area contributed by atoms with Gasteiger partial charge in [-0.05, 0) is 48.5 Å². The van der Waals surface area contributed by atoms with E-state index in [2.05, 4.69) is 37.1 Å². The summed E-state index contributed by atoms with van der Waals surface area (Å²) >= 11 is 0. The minimum absolute atomic E-state index is 0.0103. The van der Waals surface area contributed by atoms with E-state index in [1.165, 1.54) is 7.05 Å². The number of nitrogens with zero attached hydrogens (tertiary/aromatic N) is 5. The standard InChI is InChI=1S/C24H19F9N4O2S.C23H17F9N4O3S/c1-4-40(38,39)18-9-15(23(28,29)30)21(13-5-7-14(8-6-13)22(25,26)27)37-20(18)12(2)36-16-10-19(24(31,32)33)35-11-17(16)34-3;1-3-40(38,39)16-8-13(22(27,28)29)18(11-4-6-12(7-5-11)21(24,25)26)35-19(16)20(37)36(2)15-10-34-17(9-14(15)33)23(30,31)32/h5-11,34H,2,4H2,1,3H3,(H,35,36);4-10H,3H2,1-2H3,(H2,33,34). The number of nitrogen functional groups attached to an aromatic ring is 1. The summed E-state index contributed by atoms with van der Waals surface area (Å²) in [5, 5.41) is 5.00. The lowest BCUT2D eigenvalue weighted by Gasteiger charge is -2.22. The van der Waals surface area contributed by atoms with Gasteiger partial charge in [-0.1, -0.05) is 44.7 Å². The van der Waals surface area contributed by atoms with E-state index in [0.717, 1.165) is 39.2 Å². The smallest absolute Gasteiger partial charge is 0.397 e. The molecule has 0 saturated carbocycles. The Morgan fingerprint density at radius 1 is 0.562 bits per heavy atom. The average molecular weight is 1200 g/mol. The third kappa shape index (κ3) is 14.2. The number of aromatic nitrogens is 4. The van der Waals surface area contributed by atoms with Crippen molar-refractivity contribution in [2.45, 2.75) is 60.7 Å². The van der Waals surface area contributed by atoms with Crippen LogP contribution in [-0.4, -0.2) is 68.3 Å². The summed E-state index contributed by atoms with van der Waals surface area (Å²) in [6, 6.07) is 6.10. The zero-order valence-corrected chi connectivity index (χ0v) is 42.3. The van der Waals surface area contributed by atoms with E-state index in [1.54, 1.807) is 0 Å². The summed E-state index contributed by atoms with van der Waals surface area (Å²) in [4.78, 5) is 25.7. The van der Waals surface area contributed by atoms with Crippen LogP contribution in [0.5, 0.6) is 0 Å². The molecule has 0 aliphatic carbocycles. The topological polar surface area (TPSA) is 190 Å². The van der Waals surface area contributed by atoms with Gasteiger partial charge < -0.3 is 21.3 Å². The second-order valence-electron chi connectivity index (χ2n) is 16.4. The Balaban J connectivity index is 0.000000294. The average Bonchev–Trinajstić information content (AvgIpc) is 3.36. The molecule has 4 aromatic heterocycles. The zero-order valence-electron chi connectivity index (χ0n) is 40.7. The molecule has 2 aromatic carbocycles. The van der Waals surface area contributed by atoms with Gasteiger partial charge >= 0.3 is 37.1 Å². The van der Waals surface area contributed by atoms with Crippen molar-refractivity contribution < 1.29 is 101 Å². The van der Waals surface area contributed by atoms with E-state index >= 15 is 0 Å². The Labute approximate surface area is 440 Å². The first-order chi connectivity index (χ1) is 36.5. The normalized spacial score (nSPS) is 12.8. The molecule has 0 saturated heterocycles. The van der Waals surface area contributed by atoms with Crippen molar-refractivity contribution in [1.82, 2.24) is 19.9 Å². The van der Waals surface area contributed by atoms with E-state index in [9.17, 15) is 101 Å². The molecule has 0 fully saturated rings. The number of hydrogen-bond acceptors (Lipinski definition) is 12. The third-order valence-electron chi connectivity index (χ3n) is 11.1. The fourth-order valence-electron chi connectivity index (χ4n) is 6.95. The highest BCUT2D eigenvalue weighted by Crippen LogP contribution is 2.43. The van der Waals surface area contributed by atoms with Crippen molar-refractivity contribution >= 4 is 54.0 Å². The number of hydrogen-bond donors (Lipinski definition) is 3. The molecular weight excluding hydrogens is 1160 g/mol. The first-order valence-corrected chi connectivity index (χ1v) is 25.2. The summed E-state index contributed by atoms with van der Waals surface area (Å²) in [5.74, 6) is -2.86. The molecule has 432 valence electrons. The summed E-state index contributed by atoms with van der Waals surface area (Å²) in [7, 11) is -6.76. The lowest BCUT2D eigenvalue weighted by molar-refractivity contribution is -0.141. The van der Waals surface area contributed by atoms with Gasteiger partial charge in [0.1, 0.15) is 22.8 Å². The molecule has 0 atom stereocenters. The van der Waals surface area contributed by atoms with Crippen LogP contribution in [0.1, 0.15) is 63.7 Å². The minimum atomic E-state index is -5.27. The number of halogens is 18. The van der Waals surface area contributed by atoms with E-state index < -0.39 is 169 Å². The van der Waals surface area contributed by atoms with Crippen molar-refractivity contribution in [1.29, 1.82) is 0 Å². The number of benzene rings is 2. The zero-order chi connectivity index (χ0) is 60.7. The number of nitrogens with one attached hydrogen (secondary N) is 2. The Kier molecular flexibility index (Phi) is 17.7. The molecule has 33 heteroatoms. The summed E-state index contributed by atoms with van der Waals surface area (Å²) in [6.07, 6.45) is -28.5. The maximum absolute atomic E-state index is 14.0. The van der Waals surface area contributed by atoms with Crippen LogP contribution in [0, 0.1) is 0 Å². The van der Waals surface area contributed by atoms with Gasteiger partial charge in [-0.3, -0.25) is 4.79 Å². The molecule has 80 heavy (non-hydrogen) atoms. The molecule has 4 N–H and O–H groups in total. The van der Waals surface area contributed by atoms with Gasteiger partial charge in [0, 0.05) is 25.2 Å². The number of anilines is 4. The SMILES string of the molecule is C=C(Nc1cc(C(F)(F)F)ncc1NC)c1nc(-c2ccc(C(F)(F)F)cc2)c(C(F)(F)F)cc1S(=O)(=O)CC.CCS(=O)(=O)c1cc(C(F)(F)F)c(-c2ccc(C(F)(F)F)cc2)nc1C(=O)N(C)c1cnc(C(F)(F)F)cc1N. The van der Waals surface area contributed by atoms with Crippen LogP contribution in [0.25, 0.3) is 28.2 Å². The van der Waals surface area contributed by atoms with Gasteiger partial charge in [-0.25, -0.2) is 36.8 Å². The molecule has 0 spiro atoms.